The van der Waals surface area contributed by atoms with Crippen LogP contribution in [0, 0.1) is 12.0 Å². The maximum atomic E-state index is 11.5. The number of carbonyl (C=O) groups excluding carboxylic acids is 1. The highest BCUT2D eigenvalue weighted by atomic mass is 32.2. The monoisotopic (exact) mass is 219 g/mol. The first-order chi connectivity index (χ1) is 7.13. The summed E-state index contributed by atoms with van der Waals surface area (Å²) in [4.78, 5) is 14.3. The Morgan fingerprint density at radius 1 is 1.27 bits per heavy atom. The van der Waals surface area contributed by atoms with Crippen molar-refractivity contribution >= 4 is 17.5 Å². The molecule has 0 amide bonds. The minimum Gasteiger partial charge on any atom is -0.338 e. The van der Waals surface area contributed by atoms with Crippen LogP contribution in [0.25, 0.3) is 0 Å². The number of hydrogen-bond acceptors (Lipinski definition) is 3. The number of nitrogens with zero attached hydrogens (tertiary/aromatic N) is 1. The summed E-state index contributed by atoms with van der Waals surface area (Å²) in [7, 11) is 3.61. The van der Waals surface area contributed by atoms with E-state index in [1.54, 1.807) is 42.9 Å². The lowest BCUT2D eigenvalue weighted by Gasteiger charge is -1.98. The van der Waals surface area contributed by atoms with Crippen LogP contribution in [0.15, 0.2) is 29.2 Å². The van der Waals surface area contributed by atoms with Crippen molar-refractivity contribution in [2.75, 3.05) is 20.4 Å². The normalized spacial score (nSPS) is 9.00. The minimum atomic E-state index is -0.142. The molecule has 3 heteroatoms. The average Bonchev–Trinajstić information content (AvgIpc) is 2.26. The molecule has 78 valence electrons. The molecule has 0 aromatic heterocycles. The van der Waals surface area contributed by atoms with Crippen molar-refractivity contribution in [2.24, 2.45) is 0 Å². The second-order valence-corrected chi connectivity index (χ2v) is 4.07. The fourth-order valence-corrected chi connectivity index (χ4v) is 1.39. The van der Waals surface area contributed by atoms with E-state index in [4.69, 9.17) is 0 Å². The Labute approximate surface area is 94.7 Å². The SMILES string of the molecule is CSc1ccc(C(=O)C#CN(C)C)cc1. The topological polar surface area (TPSA) is 20.3 Å². The highest BCUT2D eigenvalue weighted by Gasteiger charge is 2.01. The molecule has 0 radical (unpaired) electrons. The summed E-state index contributed by atoms with van der Waals surface area (Å²) in [5, 5.41) is 0. The van der Waals surface area contributed by atoms with E-state index >= 15 is 0 Å². The lowest BCUT2D eigenvalue weighted by atomic mass is 10.1. The van der Waals surface area contributed by atoms with Crippen molar-refractivity contribution < 1.29 is 4.79 Å². The van der Waals surface area contributed by atoms with Crippen LogP contribution in [0.3, 0.4) is 0 Å². The van der Waals surface area contributed by atoms with Crippen LogP contribution in [-0.4, -0.2) is 31.0 Å². The molecule has 0 aliphatic heterocycles. The van der Waals surface area contributed by atoms with E-state index in [-0.39, 0.29) is 5.78 Å². The summed E-state index contributed by atoms with van der Waals surface area (Å²) in [5.74, 6) is 2.42. The third-order valence-corrected chi connectivity index (χ3v) is 2.49. The van der Waals surface area contributed by atoms with Crippen molar-refractivity contribution in [2.45, 2.75) is 4.90 Å². The van der Waals surface area contributed by atoms with Gasteiger partial charge >= 0.3 is 0 Å². The van der Waals surface area contributed by atoms with Gasteiger partial charge in [0.05, 0.1) is 0 Å². The van der Waals surface area contributed by atoms with Crippen LogP contribution in [0.4, 0.5) is 0 Å². The maximum absolute atomic E-state index is 11.5. The number of benzene rings is 1. The Morgan fingerprint density at radius 3 is 2.33 bits per heavy atom. The Hall–Kier alpha value is -1.40. The molecule has 0 spiro atoms. The van der Waals surface area contributed by atoms with E-state index in [2.05, 4.69) is 12.0 Å². The zero-order valence-corrected chi connectivity index (χ0v) is 9.89. The quantitative estimate of drug-likeness (QED) is 0.329. The van der Waals surface area contributed by atoms with E-state index in [9.17, 15) is 4.79 Å². The van der Waals surface area contributed by atoms with Crippen molar-refractivity contribution in [3.63, 3.8) is 0 Å². The van der Waals surface area contributed by atoms with Gasteiger partial charge in [0.15, 0.2) is 0 Å². The van der Waals surface area contributed by atoms with Gasteiger partial charge in [0.1, 0.15) is 0 Å². The lowest BCUT2D eigenvalue weighted by Crippen LogP contribution is -2.03. The zero-order valence-electron chi connectivity index (χ0n) is 9.07. The van der Waals surface area contributed by atoms with Crippen LogP contribution in [0.5, 0.6) is 0 Å². The number of rotatable bonds is 2. The summed E-state index contributed by atoms with van der Waals surface area (Å²) in [5.41, 5.74) is 0.641. The average molecular weight is 219 g/mol. The molecular formula is C12H13NOS. The highest BCUT2D eigenvalue weighted by molar-refractivity contribution is 7.98. The van der Waals surface area contributed by atoms with Crippen LogP contribution in [0.1, 0.15) is 10.4 Å². The Balaban J connectivity index is 2.80. The van der Waals surface area contributed by atoms with Gasteiger partial charge in [-0.2, -0.15) is 0 Å². The molecule has 1 aromatic carbocycles. The molecule has 15 heavy (non-hydrogen) atoms. The van der Waals surface area contributed by atoms with Gasteiger partial charge in [-0.05, 0) is 36.4 Å². The predicted octanol–water partition coefficient (Wildman–Crippen LogP) is 2.11. The molecule has 0 saturated carbocycles. The second-order valence-electron chi connectivity index (χ2n) is 3.19. The molecule has 1 rings (SSSR count). The van der Waals surface area contributed by atoms with Crippen LogP contribution in [-0.2, 0) is 0 Å². The first-order valence-electron chi connectivity index (χ1n) is 4.51. The number of hydrogen-bond donors (Lipinski definition) is 0. The van der Waals surface area contributed by atoms with E-state index in [1.807, 2.05) is 18.4 Å². The molecule has 0 bridgehead atoms. The first-order valence-corrected chi connectivity index (χ1v) is 5.73. The van der Waals surface area contributed by atoms with E-state index in [1.165, 1.54) is 0 Å². The van der Waals surface area contributed by atoms with Crippen molar-refractivity contribution in [3.05, 3.63) is 29.8 Å². The largest absolute Gasteiger partial charge is 0.338 e. The third kappa shape index (κ3) is 3.69. The van der Waals surface area contributed by atoms with Gasteiger partial charge in [-0.1, -0.05) is 0 Å². The molecule has 0 N–H and O–H groups in total. The lowest BCUT2D eigenvalue weighted by molar-refractivity contribution is 0.105. The van der Waals surface area contributed by atoms with Gasteiger partial charge in [-0.15, -0.1) is 11.8 Å². The third-order valence-electron chi connectivity index (χ3n) is 1.75. The smallest absolute Gasteiger partial charge is 0.237 e. The Bertz CT molecular complexity index is 398. The van der Waals surface area contributed by atoms with E-state index in [0.717, 1.165) is 4.90 Å². The Morgan fingerprint density at radius 2 is 1.87 bits per heavy atom. The van der Waals surface area contributed by atoms with Crippen LogP contribution in [0.2, 0.25) is 0 Å². The molecule has 0 aliphatic rings. The maximum Gasteiger partial charge on any atom is 0.237 e. The zero-order chi connectivity index (χ0) is 11.3. The summed E-state index contributed by atoms with van der Waals surface area (Å²) in [6.07, 6.45) is 2.00. The fourth-order valence-electron chi connectivity index (χ4n) is 0.977. The summed E-state index contributed by atoms with van der Waals surface area (Å²) >= 11 is 1.65. The molecule has 0 unspecified atom stereocenters. The van der Waals surface area contributed by atoms with Gasteiger partial charge in [-0.25, -0.2) is 0 Å². The molecular weight excluding hydrogens is 206 g/mol. The fraction of sp³-hybridized carbons (Fsp3) is 0.250. The number of ketones is 1. The molecule has 0 atom stereocenters. The number of thioether (sulfide) groups is 1. The van der Waals surface area contributed by atoms with Gasteiger partial charge in [0, 0.05) is 30.6 Å². The minimum absolute atomic E-state index is 0.142. The van der Waals surface area contributed by atoms with Crippen molar-refractivity contribution in [1.29, 1.82) is 0 Å². The first kappa shape index (κ1) is 11.7. The molecule has 2 nitrogen and oxygen atoms in total. The van der Waals surface area contributed by atoms with Crippen LogP contribution < -0.4 is 0 Å². The molecule has 0 heterocycles. The molecule has 0 aliphatic carbocycles. The van der Waals surface area contributed by atoms with Gasteiger partial charge < -0.3 is 4.90 Å². The molecule has 1 aromatic rings. The van der Waals surface area contributed by atoms with Gasteiger partial charge in [0.25, 0.3) is 0 Å². The van der Waals surface area contributed by atoms with Gasteiger partial charge in [-0.3, -0.25) is 4.79 Å². The number of Topliss-reactive ketones (excluding diaryl/α,β-unsaturated/α-hetero) is 1. The molecule has 0 saturated heterocycles. The summed E-state index contributed by atoms with van der Waals surface area (Å²) in [6.45, 7) is 0. The summed E-state index contributed by atoms with van der Waals surface area (Å²) < 4.78 is 0. The Kier molecular flexibility index (Phi) is 4.26. The van der Waals surface area contributed by atoms with E-state index < -0.39 is 0 Å². The van der Waals surface area contributed by atoms with Gasteiger partial charge in [0.2, 0.25) is 5.78 Å². The standard InChI is InChI=1S/C12H13NOS/c1-13(2)9-8-12(14)10-4-6-11(15-3)7-5-10/h4-7H,1-3H3. The molecule has 0 fully saturated rings. The highest BCUT2D eigenvalue weighted by Crippen LogP contribution is 2.14. The van der Waals surface area contributed by atoms with E-state index in [0.29, 0.717) is 5.56 Å². The number of carbonyl (C=O) groups is 1. The van der Waals surface area contributed by atoms with Crippen molar-refractivity contribution in [3.8, 4) is 12.0 Å². The predicted molar refractivity (Wildman–Crippen MR) is 64.0 cm³/mol. The second kappa shape index (κ2) is 5.47. The van der Waals surface area contributed by atoms with Crippen molar-refractivity contribution in [1.82, 2.24) is 4.90 Å². The van der Waals surface area contributed by atoms with Crippen LogP contribution >= 0.6 is 11.8 Å². The summed E-state index contributed by atoms with van der Waals surface area (Å²) in [6, 6.07) is 10.2.